The predicted octanol–water partition coefficient (Wildman–Crippen LogP) is 4.36. The van der Waals surface area contributed by atoms with E-state index in [1.807, 2.05) is 48.5 Å². The monoisotopic (exact) mass is 470 g/mol. The molecule has 1 atom stereocenters. The third kappa shape index (κ3) is 4.88. The molecule has 1 unspecified atom stereocenters. The van der Waals surface area contributed by atoms with E-state index in [2.05, 4.69) is 36.3 Å². The molecule has 1 N–H and O–H groups in total. The van der Waals surface area contributed by atoms with Gasteiger partial charge < -0.3 is 14.6 Å². The van der Waals surface area contributed by atoms with Gasteiger partial charge in [-0.05, 0) is 43.7 Å². The van der Waals surface area contributed by atoms with Crippen LogP contribution in [0.25, 0.3) is 11.4 Å². The summed E-state index contributed by atoms with van der Waals surface area (Å²) in [5, 5.41) is 7.10. The van der Waals surface area contributed by atoms with E-state index in [-0.39, 0.29) is 11.8 Å². The second-order valence-corrected chi connectivity index (χ2v) is 8.20. The number of piperidine rings is 1. The number of hydrogen-bond donors (Lipinski definition) is 1. The van der Waals surface area contributed by atoms with Gasteiger partial charge in [0.1, 0.15) is 5.75 Å². The fourth-order valence-corrected chi connectivity index (χ4v) is 4.05. The van der Waals surface area contributed by atoms with Crippen LogP contribution in [0.4, 0.5) is 5.69 Å². The van der Waals surface area contributed by atoms with Crippen molar-refractivity contribution >= 4 is 27.5 Å². The highest BCUT2D eigenvalue weighted by Crippen LogP contribution is 2.26. The molecular formula is C22H23BrN4O3. The first kappa shape index (κ1) is 20.6. The van der Waals surface area contributed by atoms with Gasteiger partial charge in [0.15, 0.2) is 0 Å². The van der Waals surface area contributed by atoms with Crippen molar-refractivity contribution < 1.29 is 14.1 Å². The average Bonchev–Trinajstić information content (AvgIpc) is 3.23. The maximum absolute atomic E-state index is 12.8. The number of nitrogens with one attached hydrogen (secondary N) is 1. The SMILES string of the molecule is COc1ccccc1NC(=O)C1CCCN(Cc2nc(-c3cccc(Br)c3)no2)C1. The highest BCUT2D eigenvalue weighted by atomic mass is 79.9. The molecule has 0 spiro atoms. The zero-order chi connectivity index (χ0) is 20.9. The standard InChI is InChI=1S/C22H23BrN4O3/c1-29-19-10-3-2-9-18(19)24-22(28)16-7-5-11-27(13-16)14-20-25-21(26-30-20)15-6-4-8-17(23)12-15/h2-4,6,8-10,12,16H,5,7,11,13-14H2,1H3,(H,24,28). The Balaban J connectivity index is 1.38. The summed E-state index contributed by atoms with van der Waals surface area (Å²) < 4.78 is 11.7. The number of carbonyl (C=O) groups excluding carboxylic acids is 1. The van der Waals surface area contributed by atoms with Gasteiger partial charge in [-0.15, -0.1) is 0 Å². The van der Waals surface area contributed by atoms with Crippen LogP contribution in [-0.4, -0.2) is 41.1 Å². The molecule has 0 bridgehead atoms. The van der Waals surface area contributed by atoms with Gasteiger partial charge in [-0.3, -0.25) is 9.69 Å². The molecule has 8 heteroatoms. The van der Waals surface area contributed by atoms with Crippen molar-refractivity contribution in [3.8, 4) is 17.1 Å². The van der Waals surface area contributed by atoms with Gasteiger partial charge in [0.05, 0.1) is 25.3 Å². The molecule has 1 aliphatic rings. The third-order valence-electron chi connectivity index (χ3n) is 5.15. The van der Waals surface area contributed by atoms with Crippen molar-refractivity contribution in [3.63, 3.8) is 0 Å². The van der Waals surface area contributed by atoms with Crippen molar-refractivity contribution in [1.82, 2.24) is 15.0 Å². The zero-order valence-electron chi connectivity index (χ0n) is 16.7. The molecule has 0 saturated carbocycles. The minimum atomic E-state index is -0.101. The quantitative estimate of drug-likeness (QED) is 0.576. The molecule has 7 nitrogen and oxygen atoms in total. The first-order chi connectivity index (χ1) is 14.6. The summed E-state index contributed by atoms with van der Waals surface area (Å²) in [6, 6.07) is 15.2. The Bertz CT molecular complexity index is 1020. The number of methoxy groups -OCH3 is 1. The van der Waals surface area contributed by atoms with Crippen LogP contribution in [0.5, 0.6) is 5.75 Å². The van der Waals surface area contributed by atoms with Crippen LogP contribution in [0.15, 0.2) is 57.5 Å². The topological polar surface area (TPSA) is 80.5 Å². The van der Waals surface area contributed by atoms with Gasteiger partial charge in [-0.25, -0.2) is 0 Å². The summed E-state index contributed by atoms with van der Waals surface area (Å²) in [6.45, 7) is 2.07. The Kier molecular flexibility index (Phi) is 6.44. The molecule has 0 aliphatic carbocycles. The highest BCUT2D eigenvalue weighted by Gasteiger charge is 2.27. The van der Waals surface area contributed by atoms with E-state index in [1.54, 1.807) is 7.11 Å². The van der Waals surface area contributed by atoms with Crippen molar-refractivity contribution in [2.45, 2.75) is 19.4 Å². The number of para-hydroxylation sites is 2. The minimum Gasteiger partial charge on any atom is -0.495 e. The Morgan fingerprint density at radius 2 is 2.17 bits per heavy atom. The van der Waals surface area contributed by atoms with E-state index in [9.17, 15) is 4.79 Å². The number of hydrogen-bond acceptors (Lipinski definition) is 6. The van der Waals surface area contributed by atoms with Gasteiger partial charge in [0, 0.05) is 16.6 Å². The number of carbonyl (C=O) groups is 1. The van der Waals surface area contributed by atoms with Crippen LogP contribution in [0.2, 0.25) is 0 Å². The lowest BCUT2D eigenvalue weighted by molar-refractivity contribution is -0.121. The molecule has 1 aromatic heterocycles. The van der Waals surface area contributed by atoms with E-state index < -0.39 is 0 Å². The Morgan fingerprint density at radius 3 is 3.00 bits per heavy atom. The van der Waals surface area contributed by atoms with Crippen LogP contribution in [0.1, 0.15) is 18.7 Å². The van der Waals surface area contributed by atoms with Crippen LogP contribution in [0, 0.1) is 5.92 Å². The number of ether oxygens (including phenoxy) is 1. The normalized spacial score (nSPS) is 16.9. The van der Waals surface area contributed by atoms with Gasteiger partial charge in [-0.2, -0.15) is 4.98 Å². The summed E-state index contributed by atoms with van der Waals surface area (Å²) in [5.74, 6) is 1.68. The van der Waals surface area contributed by atoms with E-state index in [0.717, 1.165) is 29.4 Å². The fraction of sp³-hybridized carbons (Fsp3) is 0.318. The predicted molar refractivity (Wildman–Crippen MR) is 117 cm³/mol. The lowest BCUT2D eigenvalue weighted by atomic mass is 9.97. The molecule has 1 amide bonds. The van der Waals surface area contributed by atoms with Crippen molar-refractivity contribution in [1.29, 1.82) is 0 Å². The number of halogens is 1. The van der Waals surface area contributed by atoms with E-state index in [0.29, 0.717) is 36.2 Å². The smallest absolute Gasteiger partial charge is 0.241 e. The van der Waals surface area contributed by atoms with Crippen LogP contribution in [0.3, 0.4) is 0 Å². The number of amides is 1. The number of rotatable bonds is 6. The molecule has 1 saturated heterocycles. The molecular weight excluding hydrogens is 448 g/mol. The Labute approximate surface area is 183 Å². The highest BCUT2D eigenvalue weighted by molar-refractivity contribution is 9.10. The molecule has 156 valence electrons. The van der Waals surface area contributed by atoms with E-state index >= 15 is 0 Å². The van der Waals surface area contributed by atoms with Gasteiger partial charge in [0.2, 0.25) is 17.6 Å². The lowest BCUT2D eigenvalue weighted by Crippen LogP contribution is -2.40. The summed E-state index contributed by atoms with van der Waals surface area (Å²) in [7, 11) is 1.60. The second kappa shape index (κ2) is 9.40. The summed E-state index contributed by atoms with van der Waals surface area (Å²) >= 11 is 3.46. The molecule has 4 rings (SSSR count). The molecule has 2 aromatic carbocycles. The largest absolute Gasteiger partial charge is 0.495 e. The first-order valence-corrected chi connectivity index (χ1v) is 10.7. The van der Waals surface area contributed by atoms with Crippen molar-refractivity contribution in [3.05, 3.63) is 58.9 Å². The lowest BCUT2D eigenvalue weighted by Gasteiger charge is -2.31. The van der Waals surface area contributed by atoms with Crippen LogP contribution in [-0.2, 0) is 11.3 Å². The number of anilines is 1. The summed E-state index contributed by atoms with van der Waals surface area (Å²) in [6.07, 6.45) is 1.79. The molecule has 2 heterocycles. The van der Waals surface area contributed by atoms with Crippen LogP contribution >= 0.6 is 15.9 Å². The number of aromatic nitrogens is 2. The molecule has 3 aromatic rings. The minimum absolute atomic E-state index is 0.00422. The average molecular weight is 471 g/mol. The Hall–Kier alpha value is -2.71. The van der Waals surface area contributed by atoms with E-state index in [1.165, 1.54) is 0 Å². The zero-order valence-corrected chi connectivity index (χ0v) is 18.3. The van der Waals surface area contributed by atoms with Crippen LogP contribution < -0.4 is 10.1 Å². The molecule has 1 aliphatic heterocycles. The molecule has 0 radical (unpaired) electrons. The number of likely N-dealkylation sites (tertiary alicyclic amines) is 1. The summed E-state index contributed by atoms with van der Waals surface area (Å²) in [5.41, 5.74) is 1.59. The van der Waals surface area contributed by atoms with Crippen molar-refractivity contribution in [2.75, 3.05) is 25.5 Å². The Morgan fingerprint density at radius 1 is 1.30 bits per heavy atom. The first-order valence-electron chi connectivity index (χ1n) is 9.87. The number of benzene rings is 2. The second-order valence-electron chi connectivity index (χ2n) is 7.29. The van der Waals surface area contributed by atoms with E-state index in [4.69, 9.17) is 9.26 Å². The maximum Gasteiger partial charge on any atom is 0.241 e. The third-order valence-corrected chi connectivity index (χ3v) is 5.64. The van der Waals surface area contributed by atoms with Crippen molar-refractivity contribution in [2.24, 2.45) is 5.92 Å². The molecule has 1 fully saturated rings. The molecule has 30 heavy (non-hydrogen) atoms. The van der Waals surface area contributed by atoms with Gasteiger partial charge >= 0.3 is 0 Å². The maximum atomic E-state index is 12.8. The fourth-order valence-electron chi connectivity index (χ4n) is 3.65. The van der Waals surface area contributed by atoms with Gasteiger partial charge in [-0.1, -0.05) is 45.4 Å². The number of nitrogens with zero attached hydrogens (tertiary/aromatic N) is 3. The summed E-state index contributed by atoms with van der Waals surface area (Å²) in [4.78, 5) is 19.5. The van der Waals surface area contributed by atoms with Gasteiger partial charge in [0.25, 0.3) is 0 Å².